The van der Waals surface area contributed by atoms with E-state index in [2.05, 4.69) is 13.8 Å². The zero-order valence-corrected chi connectivity index (χ0v) is 12.5. The summed E-state index contributed by atoms with van der Waals surface area (Å²) < 4.78 is 0. The van der Waals surface area contributed by atoms with Crippen molar-refractivity contribution >= 4 is 11.8 Å². The van der Waals surface area contributed by atoms with Crippen molar-refractivity contribution < 1.29 is 14.7 Å². The molecule has 2 aliphatic heterocycles. The van der Waals surface area contributed by atoms with Gasteiger partial charge in [-0.25, -0.2) is 0 Å². The minimum Gasteiger partial charge on any atom is -0.396 e. The molecule has 2 saturated heterocycles. The van der Waals surface area contributed by atoms with Gasteiger partial charge in [0.05, 0.1) is 5.92 Å². The molecular formula is C15H26N2O3. The van der Waals surface area contributed by atoms with Crippen molar-refractivity contribution in [1.82, 2.24) is 9.80 Å². The van der Waals surface area contributed by atoms with Crippen LogP contribution in [0, 0.1) is 17.8 Å². The third-order valence-corrected chi connectivity index (χ3v) is 4.24. The Labute approximate surface area is 120 Å². The second-order valence-electron chi connectivity index (χ2n) is 6.57. The monoisotopic (exact) mass is 282 g/mol. The Morgan fingerprint density at radius 2 is 2.15 bits per heavy atom. The highest BCUT2D eigenvalue weighted by Crippen LogP contribution is 2.24. The topological polar surface area (TPSA) is 60.9 Å². The van der Waals surface area contributed by atoms with Gasteiger partial charge in [0, 0.05) is 39.2 Å². The molecule has 2 amide bonds. The second-order valence-corrected chi connectivity index (χ2v) is 6.57. The minimum atomic E-state index is -0.182. The molecule has 0 bridgehead atoms. The smallest absolute Gasteiger partial charge is 0.228 e. The van der Waals surface area contributed by atoms with Gasteiger partial charge in [-0.05, 0) is 24.7 Å². The first-order valence-electron chi connectivity index (χ1n) is 7.68. The van der Waals surface area contributed by atoms with Crippen molar-refractivity contribution in [3.8, 4) is 0 Å². The van der Waals surface area contributed by atoms with Crippen LogP contribution < -0.4 is 0 Å². The number of nitrogens with zero attached hydrogens (tertiary/aromatic N) is 2. The van der Waals surface area contributed by atoms with Gasteiger partial charge in [-0.1, -0.05) is 13.8 Å². The Morgan fingerprint density at radius 1 is 1.40 bits per heavy atom. The van der Waals surface area contributed by atoms with E-state index in [4.69, 9.17) is 0 Å². The lowest BCUT2D eigenvalue weighted by molar-refractivity contribution is -0.137. The first-order chi connectivity index (χ1) is 9.51. The van der Waals surface area contributed by atoms with Crippen LogP contribution in [-0.4, -0.2) is 59.5 Å². The molecule has 0 radical (unpaired) electrons. The number of carbonyl (C=O) groups is 2. The van der Waals surface area contributed by atoms with Crippen LogP contribution in [0.5, 0.6) is 0 Å². The zero-order valence-electron chi connectivity index (χ0n) is 12.5. The van der Waals surface area contributed by atoms with Gasteiger partial charge in [0.25, 0.3) is 0 Å². The Kier molecular flexibility index (Phi) is 5.02. The number of likely N-dealkylation sites (tertiary alicyclic amines) is 2. The summed E-state index contributed by atoms with van der Waals surface area (Å²) in [5.41, 5.74) is 0. The van der Waals surface area contributed by atoms with Gasteiger partial charge >= 0.3 is 0 Å². The predicted molar refractivity (Wildman–Crippen MR) is 75.9 cm³/mol. The lowest BCUT2D eigenvalue weighted by Gasteiger charge is -2.33. The Morgan fingerprint density at radius 3 is 2.80 bits per heavy atom. The highest BCUT2D eigenvalue weighted by atomic mass is 16.3. The average molecular weight is 282 g/mol. The maximum absolute atomic E-state index is 12.5. The van der Waals surface area contributed by atoms with Gasteiger partial charge in [0.1, 0.15) is 0 Å². The lowest BCUT2D eigenvalue weighted by Crippen LogP contribution is -2.44. The van der Waals surface area contributed by atoms with Crippen molar-refractivity contribution in [2.75, 3.05) is 32.8 Å². The van der Waals surface area contributed by atoms with Crippen molar-refractivity contribution in [3.63, 3.8) is 0 Å². The molecule has 0 aliphatic carbocycles. The Bertz CT molecular complexity index is 370. The number of piperidine rings is 1. The van der Waals surface area contributed by atoms with E-state index in [1.807, 2.05) is 9.80 Å². The first-order valence-corrected chi connectivity index (χ1v) is 7.68. The molecular weight excluding hydrogens is 256 g/mol. The molecule has 2 rings (SSSR count). The molecule has 0 aromatic carbocycles. The van der Waals surface area contributed by atoms with E-state index in [1.54, 1.807) is 0 Å². The summed E-state index contributed by atoms with van der Waals surface area (Å²) in [5, 5.41) is 9.24. The molecule has 2 fully saturated rings. The van der Waals surface area contributed by atoms with Crippen molar-refractivity contribution in [2.24, 2.45) is 17.8 Å². The maximum atomic E-state index is 12.5. The van der Waals surface area contributed by atoms with Crippen LogP contribution in [0.25, 0.3) is 0 Å². The third kappa shape index (κ3) is 3.51. The van der Waals surface area contributed by atoms with E-state index in [0.717, 1.165) is 25.9 Å². The third-order valence-electron chi connectivity index (χ3n) is 4.24. The van der Waals surface area contributed by atoms with Gasteiger partial charge in [0.2, 0.25) is 11.8 Å². The number of carbonyl (C=O) groups excluding carboxylic acids is 2. The summed E-state index contributed by atoms with van der Waals surface area (Å²) in [6.45, 7) is 7.02. The van der Waals surface area contributed by atoms with E-state index in [0.29, 0.717) is 25.4 Å². The Hall–Kier alpha value is -1.10. The fourth-order valence-corrected chi connectivity index (χ4v) is 3.23. The van der Waals surface area contributed by atoms with Crippen molar-refractivity contribution in [1.29, 1.82) is 0 Å². The van der Waals surface area contributed by atoms with Crippen molar-refractivity contribution in [2.45, 2.75) is 33.1 Å². The molecule has 2 aliphatic rings. The Balaban J connectivity index is 1.91. The molecule has 2 heterocycles. The van der Waals surface area contributed by atoms with E-state index in [1.165, 1.54) is 0 Å². The summed E-state index contributed by atoms with van der Waals surface area (Å²) in [7, 11) is 0. The van der Waals surface area contributed by atoms with Gasteiger partial charge < -0.3 is 14.9 Å². The summed E-state index contributed by atoms with van der Waals surface area (Å²) in [5.74, 6) is 0.660. The number of hydrogen-bond acceptors (Lipinski definition) is 3. The van der Waals surface area contributed by atoms with Crippen LogP contribution in [0.2, 0.25) is 0 Å². The van der Waals surface area contributed by atoms with Crippen LogP contribution in [0.4, 0.5) is 0 Å². The SMILES string of the molecule is CC(C)CN1CC(C(=O)N2CCCC(CO)C2)CC1=O. The molecule has 2 unspecified atom stereocenters. The number of amides is 2. The largest absolute Gasteiger partial charge is 0.396 e. The van der Waals surface area contributed by atoms with Crippen LogP contribution >= 0.6 is 0 Å². The molecule has 0 spiro atoms. The van der Waals surface area contributed by atoms with Gasteiger partial charge in [-0.3, -0.25) is 9.59 Å². The second kappa shape index (κ2) is 6.57. The summed E-state index contributed by atoms with van der Waals surface area (Å²) in [6, 6.07) is 0. The fraction of sp³-hybridized carbons (Fsp3) is 0.867. The quantitative estimate of drug-likeness (QED) is 0.826. The number of aliphatic hydroxyl groups excluding tert-OH is 1. The molecule has 5 heteroatoms. The van der Waals surface area contributed by atoms with E-state index in [-0.39, 0.29) is 30.3 Å². The van der Waals surface area contributed by atoms with Crippen LogP contribution in [0.3, 0.4) is 0 Å². The van der Waals surface area contributed by atoms with Crippen LogP contribution in [-0.2, 0) is 9.59 Å². The highest BCUT2D eigenvalue weighted by molar-refractivity contribution is 5.89. The predicted octanol–water partition coefficient (Wildman–Crippen LogP) is 0.722. The molecule has 0 aromatic heterocycles. The summed E-state index contributed by atoms with van der Waals surface area (Å²) in [6.07, 6.45) is 2.29. The number of rotatable bonds is 4. The summed E-state index contributed by atoms with van der Waals surface area (Å²) in [4.78, 5) is 28.1. The van der Waals surface area contributed by atoms with Gasteiger partial charge in [-0.2, -0.15) is 0 Å². The standard InChI is InChI=1S/C15H26N2O3/c1-11(2)7-17-9-13(6-14(17)19)15(20)16-5-3-4-12(8-16)10-18/h11-13,18H,3-10H2,1-2H3. The molecule has 5 nitrogen and oxygen atoms in total. The molecule has 2 atom stereocenters. The van der Waals surface area contributed by atoms with E-state index < -0.39 is 0 Å². The van der Waals surface area contributed by atoms with Crippen LogP contribution in [0.15, 0.2) is 0 Å². The highest BCUT2D eigenvalue weighted by Gasteiger charge is 2.37. The minimum absolute atomic E-state index is 0.0998. The average Bonchev–Trinajstić information content (AvgIpc) is 2.78. The maximum Gasteiger partial charge on any atom is 0.228 e. The molecule has 0 saturated carbocycles. The van der Waals surface area contributed by atoms with Crippen molar-refractivity contribution in [3.05, 3.63) is 0 Å². The normalized spacial score (nSPS) is 27.5. The van der Waals surface area contributed by atoms with Crippen LogP contribution in [0.1, 0.15) is 33.1 Å². The van der Waals surface area contributed by atoms with E-state index >= 15 is 0 Å². The molecule has 114 valence electrons. The molecule has 20 heavy (non-hydrogen) atoms. The zero-order chi connectivity index (χ0) is 14.7. The molecule has 0 aromatic rings. The summed E-state index contributed by atoms with van der Waals surface area (Å²) >= 11 is 0. The van der Waals surface area contributed by atoms with Gasteiger partial charge in [-0.15, -0.1) is 0 Å². The fourth-order valence-electron chi connectivity index (χ4n) is 3.23. The molecule has 1 N–H and O–H groups in total. The number of hydrogen-bond donors (Lipinski definition) is 1. The number of aliphatic hydroxyl groups is 1. The lowest BCUT2D eigenvalue weighted by atomic mass is 9.97. The van der Waals surface area contributed by atoms with E-state index in [9.17, 15) is 14.7 Å². The first kappa shape index (κ1) is 15.3. The van der Waals surface area contributed by atoms with Gasteiger partial charge in [0.15, 0.2) is 0 Å².